The van der Waals surface area contributed by atoms with Crippen molar-refractivity contribution < 1.29 is 0 Å². The second-order valence-corrected chi connectivity index (χ2v) is 6.84. The minimum Gasteiger partial charge on any atom is -0.326 e. The van der Waals surface area contributed by atoms with Crippen molar-refractivity contribution in [1.82, 2.24) is 4.90 Å². The average molecular weight is 323 g/mol. The van der Waals surface area contributed by atoms with Crippen molar-refractivity contribution in [2.45, 2.75) is 38.4 Å². The van der Waals surface area contributed by atoms with Gasteiger partial charge in [0.05, 0.1) is 6.04 Å². The van der Waals surface area contributed by atoms with Crippen molar-refractivity contribution in [1.29, 1.82) is 0 Å². The third-order valence-corrected chi connectivity index (χ3v) is 5.27. The van der Waals surface area contributed by atoms with E-state index in [4.69, 9.17) is 17.3 Å². The van der Waals surface area contributed by atoms with Gasteiger partial charge >= 0.3 is 0 Å². The van der Waals surface area contributed by atoms with Gasteiger partial charge in [0.1, 0.15) is 0 Å². The molecule has 1 aromatic heterocycles. The molecule has 0 aliphatic carbocycles. The fourth-order valence-corrected chi connectivity index (χ4v) is 3.79. The Labute approximate surface area is 136 Å². The summed E-state index contributed by atoms with van der Waals surface area (Å²) in [6.07, 6.45) is 0.954. The number of halogens is 1. The molecule has 0 amide bonds. The largest absolute Gasteiger partial charge is 0.326 e. The van der Waals surface area contributed by atoms with Crippen LogP contribution in [0.3, 0.4) is 0 Å². The highest BCUT2D eigenvalue weighted by Gasteiger charge is 2.27. The lowest BCUT2D eigenvalue weighted by molar-refractivity contribution is 0.161. The van der Waals surface area contributed by atoms with Gasteiger partial charge in [0, 0.05) is 22.0 Å². The number of benzene rings is 1. The Kier molecular flexibility index (Phi) is 5.82. The van der Waals surface area contributed by atoms with Crippen LogP contribution < -0.4 is 5.73 Å². The van der Waals surface area contributed by atoms with Crippen LogP contribution in [-0.2, 0) is 0 Å². The summed E-state index contributed by atoms with van der Waals surface area (Å²) in [5.41, 5.74) is 7.61. The Hall–Kier alpha value is -0.870. The quantitative estimate of drug-likeness (QED) is 0.821. The number of thiophene rings is 1. The highest BCUT2D eigenvalue weighted by molar-refractivity contribution is 7.10. The van der Waals surface area contributed by atoms with Crippen LogP contribution in [0, 0.1) is 0 Å². The first-order chi connectivity index (χ1) is 10.0. The van der Waals surface area contributed by atoms with E-state index in [9.17, 15) is 0 Å². The summed E-state index contributed by atoms with van der Waals surface area (Å²) in [6.45, 7) is 4.35. The molecule has 0 spiro atoms. The molecular weight excluding hydrogens is 300 g/mol. The summed E-state index contributed by atoms with van der Waals surface area (Å²) >= 11 is 7.89. The minimum atomic E-state index is 0.121. The zero-order chi connectivity index (χ0) is 15.4. The molecule has 0 bridgehead atoms. The molecule has 3 unspecified atom stereocenters. The topological polar surface area (TPSA) is 29.3 Å². The molecule has 3 atom stereocenters. The molecule has 0 radical (unpaired) electrons. The fourth-order valence-electron chi connectivity index (χ4n) is 2.64. The van der Waals surface area contributed by atoms with Gasteiger partial charge in [0.25, 0.3) is 0 Å². The Morgan fingerprint density at radius 3 is 2.62 bits per heavy atom. The first kappa shape index (κ1) is 16.5. The molecule has 2 rings (SSSR count). The maximum absolute atomic E-state index is 6.39. The zero-order valence-corrected chi connectivity index (χ0v) is 14.4. The molecule has 0 fully saturated rings. The molecule has 2 nitrogen and oxygen atoms in total. The van der Waals surface area contributed by atoms with E-state index < -0.39 is 0 Å². The number of nitrogens with zero attached hydrogens (tertiary/aromatic N) is 1. The molecule has 2 N–H and O–H groups in total. The highest BCUT2D eigenvalue weighted by atomic mass is 35.5. The number of hydrogen-bond donors (Lipinski definition) is 1. The van der Waals surface area contributed by atoms with Gasteiger partial charge in [0.15, 0.2) is 0 Å². The third kappa shape index (κ3) is 3.86. The van der Waals surface area contributed by atoms with E-state index >= 15 is 0 Å². The predicted molar refractivity (Wildman–Crippen MR) is 93.0 cm³/mol. The number of likely N-dealkylation sites (N-methyl/N-ethyl adjacent to an activating group) is 1. The fraction of sp³-hybridized carbons (Fsp3) is 0.412. The second-order valence-electron chi connectivity index (χ2n) is 5.43. The smallest absolute Gasteiger partial charge is 0.0595 e. The lowest BCUT2D eigenvalue weighted by Gasteiger charge is -2.36. The van der Waals surface area contributed by atoms with Gasteiger partial charge in [-0.3, -0.25) is 4.90 Å². The standard InChI is InChI=1S/C17H23ClN2S/c1-4-15(19)17(16-9-6-10-21-16)20(3)12(2)13-7-5-8-14(18)11-13/h5-12,15,17H,4,19H2,1-3H3. The van der Waals surface area contributed by atoms with E-state index in [1.54, 1.807) is 11.3 Å². The van der Waals surface area contributed by atoms with E-state index in [-0.39, 0.29) is 18.1 Å². The first-order valence-electron chi connectivity index (χ1n) is 7.31. The second kappa shape index (κ2) is 7.41. The summed E-state index contributed by atoms with van der Waals surface area (Å²) in [7, 11) is 2.14. The third-order valence-electron chi connectivity index (χ3n) is 4.09. The van der Waals surface area contributed by atoms with Crippen LogP contribution >= 0.6 is 22.9 Å². The SMILES string of the molecule is CCC(N)C(c1cccs1)N(C)C(C)c1cccc(Cl)c1. The van der Waals surface area contributed by atoms with Gasteiger partial charge in [-0.2, -0.15) is 0 Å². The summed E-state index contributed by atoms with van der Waals surface area (Å²) < 4.78 is 0. The molecule has 21 heavy (non-hydrogen) atoms. The van der Waals surface area contributed by atoms with E-state index in [1.807, 2.05) is 18.2 Å². The zero-order valence-electron chi connectivity index (χ0n) is 12.8. The Balaban J connectivity index is 2.27. The van der Waals surface area contributed by atoms with Gasteiger partial charge in [-0.25, -0.2) is 0 Å². The van der Waals surface area contributed by atoms with Crippen LogP contribution in [0.25, 0.3) is 0 Å². The molecule has 1 aromatic carbocycles. The summed E-state index contributed by atoms with van der Waals surface area (Å²) in [5, 5.41) is 2.89. The number of nitrogens with two attached hydrogens (primary N) is 1. The number of rotatable bonds is 6. The summed E-state index contributed by atoms with van der Waals surface area (Å²) in [4.78, 5) is 3.67. The summed E-state index contributed by atoms with van der Waals surface area (Å²) in [5.74, 6) is 0. The lowest BCUT2D eigenvalue weighted by atomic mass is 9.99. The lowest BCUT2D eigenvalue weighted by Crippen LogP contribution is -2.39. The molecule has 0 saturated carbocycles. The molecule has 2 aromatic rings. The van der Waals surface area contributed by atoms with Crippen LogP contribution in [-0.4, -0.2) is 18.0 Å². The van der Waals surface area contributed by atoms with Gasteiger partial charge in [-0.1, -0.05) is 36.7 Å². The van der Waals surface area contributed by atoms with Crippen LogP contribution in [0.15, 0.2) is 41.8 Å². The number of hydrogen-bond acceptors (Lipinski definition) is 3. The molecule has 0 aliphatic heterocycles. The Bertz CT molecular complexity index is 556. The van der Waals surface area contributed by atoms with Gasteiger partial charge < -0.3 is 5.73 Å². The monoisotopic (exact) mass is 322 g/mol. The van der Waals surface area contributed by atoms with Crippen LogP contribution in [0.2, 0.25) is 5.02 Å². The highest BCUT2D eigenvalue weighted by Crippen LogP contribution is 2.34. The molecule has 0 saturated heterocycles. The van der Waals surface area contributed by atoms with Crippen LogP contribution in [0.1, 0.15) is 42.8 Å². The van der Waals surface area contributed by atoms with Crippen molar-refractivity contribution in [2.24, 2.45) is 5.73 Å². The minimum absolute atomic E-state index is 0.121. The predicted octanol–water partition coefficient (Wildman–Crippen LogP) is 4.87. The van der Waals surface area contributed by atoms with Crippen molar-refractivity contribution in [3.8, 4) is 0 Å². The van der Waals surface area contributed by atoms with E-state index in [0.29, 0.717) is 0 Å². The van der Waals surface area contributed by atoms with Crippen molar-refractivity contribution in [3.63, 3.8) is 0 Å². The maximum Gasteiger partial charge on any atom is 0.0595 e. The van der Waals surface area contributed by atoms with E-state index in [2.05, 4.69) is 49.4 Å². The van der Waals surface area contributed by atoms with Gasteiger partial charge in [-0.15, -0.1) is 11.3 Å². The molecular formula is C17H23ClN2S. The van der Waals surface area contributed by atoms with Gasteiger partial charge in [-0.05, 0) is 49.5 Å². The van der Waals surface area contributed by atoms with Crippen molar-refractivity contribution in [2.75, 3.05) is 7.05 Å². The summed E-state index contributed by atoms with van der Waals surface area (Å²) in [6, 6.07) is 12.9. The maximum atomic E-state index is 6.39. The molecule has 4 heteroatoms. The first-order valence-corrected chi connectivity index (χ1v) is 8.56. The van der Waals surface area contributed by atoms with Gasteiger partial charge in [0.2, 0.25) is 0 Å². The van der Waals surface area contributed by atoms with Crippen molar-refractivity contribution in [3.05, 3.63) is 57.2 Å². The normalized spacial score (nSPS) is 15.9. The van der Waals surface area contributed by atoms with Crippen molar-refractivity contribution >= 4 is 22.9 Å². The van der Waals surface area contributed by atoms with Crippen LogP contribution in [0.4, 0.5) is 0 Å². The van der Waals surface area contributed by atoms with E-state index in [0.717, 1.165) is 11.4 Å². The molecule has 114 valence electrons. The average Bonchev–Trinajstić information content (AvgIpc) is 3.00. The Morgan fingerprint density at radius 2 is 2.05 bits per heavy atom. The van der Waals surface area contributed by atoms with E-state index in [1.165, 1.54) is 10.4 Å². The molecule has 1 heterocycles. The molecule has 0 aliphatic rings. The van der Waals surface area contributed by atoms with Crippen LogP contribution in [0.5, 0.6) is 0 Å². The Morgan fingerprint density at radius 1 is 1.29 bits per heavy atom.